The molecule has 0 fully saturated rings. The molecule has 0 unspecified atom stereocenters. The minimum Gasteiger partial charge on any atom is -0.384 e. The van der Waals surface area contributed by atoms with Crippen LogP contribution in [0.1, 0.15) is 12.8 Å². The first-order valence-electron chi connectivity index (χ1n) is 6.72. The molecule has 0 aromatic carbocycles. The molecule has 0 saturated carbocycles. The van der Waals surface area contributed by atoms with Crippen LogP contribution in [0.3, 0.4) is 0 Å². The van der Waals surface area contributed by atoms with E-state index in [4.69, 9.17) is 33.2 Å². The van der Waals surface area contributed by atoms with Gasteiger partial charge >= 0.3 is 8.80 Å². The van der Waals surface area contributed by atoms with Crippen LogP contribution < -0.4 is 5.73 Å². The Hall–Kier alpha value is -0.323. The van der Waals surface area contributed by atoms with Crippen LogP contribution in [-0.2, 0) is 27.5 Å². The van der Waals surface area contributed by atoms with Gasteiger partial charge in [-0.3, -0.25) is 0 Å². The van der Waals surface area contributed by atoms with Crippen molar-refractivity contribution in [2.75, 3.05) is 55.8 Å². The summed E-state index contributed by atoms with van der Waals surface area (Å²) in [6, 6.07) is 0. The number of hydrogen-bond donors (Lipinski definition) is 1. The van der Waals surface area contributed by atoms with Crippen molar-refractivity contribution in [1.29, 1.82) is 0 Å². The highest BCUT2D eigenvalue weighted by molar-refractivity contribution is 6.64. The molecule has 0 atom stereocenters. The van der Waals surface area contributed by atoms with Crippen LogP contribution in [0.25, 0.3) is 0 Å². The van der Waals surface area contributed by atoms with Gasteiger partial charge in [-0.2, -0.15) is 0 Å². The van der Waals surface area contributed by atoms with Gasteiger partial charge in [0.15, 0.2) is 0 Å². The minimum atomic E-state index is -3.27. The fraction of sp³-hybridized carbons (Fsp3) is 0.846. The Labute approximate surface area is 128 Å². The molecule has 0 aliphatic rings. The van der Waals surface area contributed by atoms with Gasteiger partial charge in [0.2, 0.25) is 0 Å². The molecule has 7 nitrogen and oxygen atoms in total. The fourth-order valence-electron chi connectivity index (χ4n) is 2.32. The van der Waals surface area contributed by atoms with Crippen molar-refractivity contribution in [3.8, 4) is 0 Å². The van der Waals surface area contributed by atoms with E-state index in [0.29, 0.717) is 26.0 Å². The molecule has 0 aromatic heterocycles. The number of methoxy groups -OCH3 is 3. The topological polar surface area (TPSA) is 81.4 Å². The Morgan fingerprint density at radius 1 is 1.00 bits per heavy atom. The first kappa shape index (κ1) is 20.7. The zero-order chi connectivity index (χ0) is 16.4. The van der Waals surface area contributed by atoms with Crippen molar-refractivity contribution in [2.45, 2.75) is 18.3 Å². The molecular formula is C13H29NO6Si. The second-order valence-electron chi connectivity index (χ2n) is 4.24. The Kier molecular flexibility index (Phi) is 10.3. The maximum Gasteiger partial charge on any atom is 0.567 e. The third-order valence-electron chi connectivity index (χ3n) is 3.34. The van der Waals surface area contributed by atoms with E-state index in [1.54, 1.807) is 7.11 Å². The third kappa shape index (κ3) is 4.33. The van der Waals surface area contributed by atoms with Gasteiger partial charge in [-0.1, -0.05) is 6.08 Å². The average Bonchev–Trinajstić information content (AvgIpc) is 2.54. The Morgan fingerprint density at radius 3 is 1.86 bits per heavy atom. The van der Waals surface area contributed by atoms with E-state index in [9.17, 15) is 0 Å². The van der Waals surface area contributed by atoms with Crippen molar-refractivity contribution in [1.82, 2.24) is 0 Å². The highest BCUT2D eigenvalue weighted by Crippen LogP contribution is 2.36. The molecule has 0 radical (unpaired) electrons. The minimum absolute atomic E-state index is 0.506. The van der Waals surface area contributed by atoms with Gasteiger partial charge in [-0.25, -0.2) is 0 Å². The monoisotopic (exact) mass is 323 g/mol. The summed E-state index contributed by atoms with van der Waals surface area (Å²) in [5.41, 5.74) is 5.19. The lowest BCUT2D eigenvalue weighted by Crippen LogP contribution is -2.67. The van der Waals surface area contributed by atoms with Gasteiger partial charge < -0.3 is 33.2 Å². The summed E-state index contributed by atoms with van der Waals surface area (Å²) in [7, 11) is 5.98. The number of ether oxygens (including phenoxy) is 3. The molecule has 0 bridgehead atoms. The van der Waals surface area contributed by atoms with Crippen LogP contribution in [-0.4, -0.2) is 70.0 Å². The summed E-state index contributed by atoms with van der Waals surface area (Å²) in [5.74, 6) is 0. The van der Waals surface area contributed by atoms with Crippen molar-refractivity contribution >= 4 is 8.80 Å². The van der Waals surface area contributed by atoms with Crippen molar-refractivity contribution < 1.29 is 27.5 Å². The van der Waals surface area contributed by atoms with Crippen molar-refractivity contribution in [3.05, 3.63) is 11.6 Å². The average molecular weight is 323 g/mol. The molecule has 0 heterocycles. The van der Waals surface area contributed by atoms with Crippen LogP contribution in [0.4, 0.5) is 0 Å². The van der Waals surface area contributed by atoms with E-state index in [-0.39, 0.29) is 0 Å². The van der Waals surface area contributed by atoms with Crippen LogP contribution in [0.5, 0.6) is 0 Å². The van der Waals surface area contributed by atoms with E-state index in [1.165, 1.54) is 35.5 Å². The van der Waals surface area contributed by atoms with Crippen molar-refractivity contribution in [3.63, 3.8) is 0 Å². The third-order valence-corrected chi connectivity index (χ3v) is 6.49. The molecule has 8 heteroatoms. The molecule has 0 amide bonds. The van der Waals surface area contributed by atoms with Gasteiger partial charge in [0.25, 0.3) is 5.41 Å². The maximum absolute atomic E-state index is 5.68. The summed E-state index contributed by atoms with van der Waals surface area (Å²) in [5, 5.41) is 0. The number of hydrogen-bond acceptors (Lipinski definition) is 7. The zero-order valence-corrected chi connectivity index (χ0v) is 14.9. The molecule has 0 aliphatic carbocycles. The van der Waals surface area contributed by atoms with Gasteiger partial charge in [-0.05, 0) is 25.0 Å². The van der Waals surface area contributed by atoms with E-state index < -0.39 is 14.2 Å². The number of rotatable bonds is 12. The fourth-order valence-corrected chi connectivity index (χ4v) is 4.74. The second-order valence-corrected chi connectivity index (χ2v) is 7.24. The molecule has 126 valence electrons. The van der Waals surface area contributed by atoms with E-state index in [0.717, 1.165) is 5.57 Å². The summed E-state index contributed by atoms with van der Waals surface area (Å²) >= 11 is 0. The van der Waals surface area contributed by atoms with Gasteiger partial charge in [0.1, 0.15) is 0 Å². The highest BCUT2D eigenvalue weighted by atomic mass is 28.4. The summed E-state index contributed by atoms with van der Waals surface area (Å²) in [6.07, 6.45) is 3.23. The molecule has 2 N–H and O–H groups in total. The first-order chi connectivity index (χ1) is 10.1. The largest absolute Gasteiger partial charge is 0.567 e. The lowest BCUT2D eigenvalue weighted by atomic mass is 10.1. The zero-order valence-electron chi connectivity index (χ0n) is 13.9. The van der Waals surface area contributed by atoms with E-state index >= 15 is 0 Å². The first-order valence-corrected chi connectivity index (χ1v) is 8.44. The molecule has 0 spiro atoms. The van der Waals surface area contributed by atoms with Crippen LogP contribution >= 0.6 is 0 Å². The predicted molar refractivity (Wildman–Crippen MR) is 81.8 cm³/mol. The molecule has 0 saturated heterocycles. The van der Waals surface area contributed by atoms with Crippen molar-refractivity contribution in [2.24, 2.45) is 5.73 Å². The van der Waals surface area contributed by atoms with E-state index in [2.05, 4.69) is 0 Å². The summed E-state index contributed by atoms with van der Waals surface area (Å²) in [6.45, 7) is 1.02. The Morgan fingerprint density at radius 2 is 1.52 bits per heavy atom. The van der Waals surface area contributed by atoms with Gasteiger partial charge in [0, 0.05) is 42.7 Å². The van der Waals surface area contributed by atoms with Crippen LogP contribution in [0, 0.1) is 0 Å². The Balaban J connectivity index is 5.84. The van der Waals surface area contributed by atoms with Crippen LogP contribution in [0.15, 0.2) is 11.6 Å². The van der Waals surface area contributed by atoms with Crippen LogP contribution in [0.2, 0.25) is 0 Å². The second kappa shape index (κ2) is 10.4. The summed E-state index contributed by atoms with van der Waals surface area (Å²) < 4.78 is 33.2. The summed E-state index contributed by atoms with van der Waals surface area (Å²) in [4.78, 5) is 0. The molecule has 0 aliphatic heterocycles. The van der Waals surface area contributed by atoms with Gasteiger partial charge in [0.05, 0.1) is 6.61 Å². The SMILES string of the molecule is COCCC(=CCCN)C(OC)(OC)[Si](OC)(OC)OC. The van der Waals surface area contributed by atoms with E-state index in [1.807, 2.05) is 6.08 Å². The Bertz CT molecular complexity index is 297. The van der Waals surface area contributed by atoms with Gasteiger partial charge in [-0.15, -0.1) is 0 Å². The normalized spacial score (nSPS) is 13.8. The molecular weight excluding hydrogens is 294 g/mol. The molecule has 0 aromatic rings. The smallest absolute Gasteiger partial charge is 0.384 e. The lowest BCUT2D eigenvalue weighted by molar-refractivity contribution is -0.168. The molecule has 0 rings (SSSR count). The molecule has 21 heavy (non-hydrogen) atoms. The predicted octanol–water partition coefficient (Wildman–Crippen LogP) is 0.705. The quantitative estimate of drug-likeness (QED) is 0.322. The standard InChI is InChI=1S/C13H29NO6Si/c1-15-11-9-12(8-7-10-14)13(16-2,17-3)21(18-4,19-5)20-6/h8H,7,9-11,14H2,1-6H3. The lowest BCUT2D eigenvalue weighted by Gasteiger charge is -2.42. The highest BCUT2D eigenvalue weighted by Gasteiger charge is 2.64. The number of nitrogens with two attached hydrogens (primary N) is 1. The maximum atomic E-state index is 5.68.